The van der Waals surface area contributed by atoms with Crippen LogP contribution in [-0.4, -0.2) is 23.4 Å². The zero-order valence-corrected chi connectivity index (χ0v) is 15.3. The number of nitrogens with zero attached hydrogens (tertiary/aromatic N) is 2. The van der Waals surface area contributed by atoms with Crippen molar-refractivity contribution in [3.05, 3.63) is 84.9 Å². The zero-order chi connectivity index (χ0) is 19.6. The molecule has 2 heterocycles. The van der Waals surface area contributed by atoms with Gasteiger partial charge in [-0.25, -0.2) is 22.5 Å². The summed E-state index contributed by atoms with van der Waals surface area (Å²) in [5, 5.41) is 0. The van der Waals surface area contributed by atoms with Crippen molar-refractivity contribution in [1.82, 2.24) is 15.0 Å². The molecule has 0 aliphatic rings. The number of aromatic nitrogens is 3. The molecule has 0 amide bonds. The van der Waals surface area contributed by atoms with E-state index in [1.165, 1.54) is 24.3 Å². The molecule has 4 aromatic rings. The molecule has 0 atom stereocenters. The van der Waals surface area contributed by atoms with Crippen LogP contribution in [-0.2, 0) is 10.0 Å². The van der Waals surface area contributed by atoms with Gasteiger partial charge in [-0.05, 0) is 48.5 Å². The summed E-state index contributed by atoms with van der Waals surface area (Å²) in [4.78, 5) is 11.5. The second-order valence-corrected chi connectivity index (χ2v) is 7.65. The SMILES string of the molecule is O=S(=O)(Nc1nc(-c2ccc(F)cc2)c(-c2ccncc2)[nH]1)c1ccccc1. The molecule has 4 rings (SSSR count). The van der Waals surface area contributed by atoms with Crippen molar-refractivity contribution in [3.8, 4) is 22.5 Å². The Bertz CT molecular complexity index is 1190. The molecule has 2 aromatic carbocycles. The number of nitrogens with one attached hydrogen (secondary N) is 2. The summed E-state index contributed by atoms with van der Waals surface area (Å²) in [6.07, 6.45) is 3.25. The van der Waals surface area contributed by atoms with Crippen LogP contribution < -0.4 is 4.72 Å². The molecule has 0 saturated carbocycles. The monoisotopic (exact) mass is 394 g/mol. The number of sulfonamides is 1. The maximum Gasteiger partial charge on any atom is 0.264 e. The van der Waals surface area contributed by atoms with E-state index < -0.39 is 10.0 Å². The smallest absolute Gasteiger partial charge is 0.264 e. The Morgan fingerprint density at radius 3 is 2.21 bits per heavy atom. The Morgan fingerprint density at radius 1 is 0.857 bits per heavy atom. The van der Waals surface area contributed by atoms with Crippen LogP contribution >= 0.6 is 0 Å². The van der Waals surface area contributed by atoms with Crippen molar-refractivity contribution in [3.63, 3.8) is 0 Å². The third kappa shape index (κ3) is 3.63. The van der Waals surface area contributed by atoms with Crippen molar-refractivity contribution in [2.24, 2.45) is 0 Å². The van der Waals surface area contributed by atoms with E-state index in [9.17, 15) is 12.8 Å². The molecule has 2 aromatic heterocycles. The van der Waals surface area contributed by atoms with Gasteiger partial charge in [-0.3, -0.25) is 4.98 Å². The normalized spacial score (nSPS) is 11.3. The lowest BCUT2D eigenvalue weighted by molar-refractivity contribution is 0.601. The number of benzene rings is 2. The first kappa shape index (κ1) is 17.9. The number of halogens is 1. The number of aromatic amines is 1. The third-order valence-corrected chi connectivity index (χ3v) is 5.43. The van der Waals surface area contributed by atoms with Crippen LogP contribution in [0.25, 0.3) is 22.5 Å². The van der Waals surface area contributed by atoms with Gasteiger partial charge in [0.25, 0.3) is 10.0 Å². The number of hydrogen-bond acceptors (Lipinski definition) is 4. The summed E-state index contributed by atoms with van der Waals surface area (Å²) in [5.74, 6) is -0.301. The van der Waals surface area contributed by atoms with Gasteiger partial charge < -0.3 is 4.98 Å². The Hall–Kier alpha value is -3.52. The molecule has 0 unspecified atom stereocenters. The van der Waals surface area contributed by atoms with Crippen LogP contribution in [0.4, 0.5) is 10.3 Å². The van der Waals surface area contributed by atoms with Gasteiger partial charge in [0.05, 0.1) is 16.3 Å². The van der Waals surface area contributed by atoms with E-state index in [0.717, 1.165) is 5.56 Å². The van der Waals surface area contributed by atoms with E-state index in [0.29, 0.717) is 17.0 Å². The van der Waals surface area contributed by atoms with Gasteiger partial charge in [0.1, 0.15) is 5.82 Å². The highest BCUT2D eigenvalue weighted by Crippen LogP contribution is 2.31. The second kappa shape index (κ2) is 7.24. The summed E-state index contributed by atoms with van der Waals surface area (Å²) in [6.45, 7) is 0. The minimum Gasteiger partial charge on any atom is -0.323 e. The summed E-state index contributed by atoms with van der Waals surface area (Å²) in [7, 11) is -3.80. The number of hydrogen-bond donors (Lipinski definition) is 2. The molecule has 2 N–H and O–H groups in total. The first-order chi connectivity index (χ1) is 13.5. The van der Waals surface area contributed by atoms with E-state index in [4.69, 9.17) is 0 Å². The van der Waals surface area contributed by atoms with Crippen LogP contribution in [0.5, 0.6) is 0 Å². The average Bonchev–Trinajstić information content (AvgIpc) is 3.13. The Morgan fingerprint density at radius 2 is 1.54 bits per heavy atom. The van der Waals surface area contributed by atoms with Crippen LogP contribution in [0.15, 0.2) is 84.0 Å². The van der Waals surface area contributed by atoms with Gasteiger partial charge in [-0.15, -0.1) is 0 Å². The zero-order valence-electron chi connectivity index (χ0n) is 14.5. The fourth-order valence-electron chi connectivity index (χ4n) is 2.75. The van der Waals surface area contributed by atoms with Gasteiger partial charge in [-0.2, -0.15) is 0 Å². The highest BCUT2D eigenvalue weighted by atomic mass is 32.2. The predicted octanol–water partition coefficient (Wildman–Crippen LogP) is 4.08. The first-order valence-corrected chi connectivity index (χ1v) is 9.85. The maximum atomic E-state index is 13.3. The fraction of sp³-hybridized carbons (Fsp3) is 0. The Kier molecular flexibility index (Phi) is 4.62. The van der Waals surface area contributed by atoms with Crippen LogP contribution in [0.1, 0.15) is 0 Å². The van der Waals surface area contributed by atoms with E-state index in [2.05, 4.69) is 19.7 Å². The lowest BCUT2D eigenvalue weighted by Gasteiger charge is -2.04. The second-order valence-electron chi connectivity index (χ2n) is 5.97. The van der Waals surface area contributed by atoms with E-state index in [1.807, 2.05) is 0 Å². The topological polar surface area (TPSA) is 87.7 Å². The molecule has 0 aliphatic carbocycles. The van der Waals surface area contributed by atoms with Crippen LogP contribution in [0.2, 0.25) is 0 Å². The van der Waals surface area contributed by atoms with Crippen molar-refractivity contribution in [2.45, 2.75) is 4.90 Å². The predicted molar refractivity (Wildman–Crippen MR) is 104 cm³/mol. The number of H-pyrrole nitrogens is 1. The van der Waals surface area contributed by atoms with Crippen molar-refractivity contribution in [1.29, 1.82) is 0 Å². The molecule has 0 radical (unpaired) electrons. The molecule has 0 fully saturated rings. The summed E-state index contributed by atoms with van der Waals surface area (Å²) in [5.41, 5.74) is 2.51. The molecular weight excluding hydrogens is 379 g/mol. The standard InChI is InChI=1S/C20H15FN4O2S/c21-16-8-6-14(7-9-16)18-19(15-10-12-22-13-11-15)24-20(23-18)25-28(26,27)17-4-2-1-3-5-17/h1-13H,(H2,23,24,25). The van der Waals surface area contributed by atoms with Gasteiger partial charge in [0.2, 0.25) is 5.95 Å². The molecule has 0 saturated heterocycles. The van der Waals surface area contributed by atoms with Crippen molar-refractivity contribution < 1.29 is 12.8 Å². The summed E-state index contributed by atoms with van der Waals surface area (Å²) >= 11 is 0. The van der Waals surface area contributed by atoms with Gasteiger partial charge in [-0.1, -0.05) is 18.2 Å². The quantitative estimate of drug-likeness (QED) is 0.534. The Labute approximate surface area is 161 Å². The molecule has 28 heavy (non-hydrogen) atoms. The lowest BCUT2D eigenvalue weighted by Crippen LogP contribution is -2.13. The van der Waals surface area contributed by atoms with E-state index >= 15 is 0 Å². The first-order valence-electron chi connectivity index (χ1n) is 8.37. The minimum atomic E-state index is -3.80. The van der Waals surface area contributed by atoms with Gasteiger partial charge >= 0.3 is 0 Å². The molecule has 0 aliphatic heterocycles. The summed E-state index contributed by atoms with van der Waals surface area (Å²) < 4.78 is 41.0. The van der Waals surface area contributed by atoms with Crippen LogP contribution in [0, 0.1) is 5.82 Å². The molecule has 0 bridgehead atoms. The minimum absolute atomic E-state index is 0.0648. The molecule has 140 valence electrons. The highest BCUT2D eigenvalue weighted by Gasteiger charge is 2.19. The lowest BCUT2D eigenvalue weighted by atomic mass is 10.1. The number of rotatable bonds is 5. The van der Waals surface area contributed by atoms with E-state index in [-0.39, 0.29) is 16.7 Å². The molecule has 6 nitrogen and oxygen atoms in total. The Balaban J connectivity index is 1.78. The van der Waals surface area contributed by atoms with Crippen LogP contribution in [0.3, 0.4) is 0 Å². The van der Waals surface area contributed by atoms with E-state index in [1.54, 1.807) is 54.9 Å². The van der Waals surface area contributed by atoms with Gasteiger partial charge in [0, 0.05) is 23.5 Å². The number of imidazole rings is 1. The van der Waals surface area contributed by atoms with Crippen molar-refractivity contribution in [2.75, 3.05) is 4.72 Å². The molecule has 8 heteroatoms. The fourth-order valence-corrected chi connectivity index (χ4v) is 3.74. The average molecular weight is 394 g/mol. The third-order valence-electron chi connectivity index (χ3n) is 4.08. The number of pyridine rings is 1. The molecule has 0 spiro atoms. The van der Waals surface area contributed by atoms with Gasteiger partial charge in [0.15, 0.2) is 0 Å². The number of anilines is 1. The summed E-state index contributed by atoms with van der Waals surface area (Å²) in [6, 6.07) is 17.4. The highest BCUT2D eigenvalue weighted by molar-refractivity contribution is 7.92. The maximum absolute atomic E-state index is 13.3. The van der Waals surface area contributed by atoms with Crippen molar-refractivity contribution >= 4 is 16.0 Å². The largest absolute Gasteiger partial charge is 0.323 e. The molecular formula is C20H15FN4O2S.